The lowest BCUT2D eigenvalue weighted by molar-refractivity contribution is 0.683. The van der Waals surface area contributed by atoms with Crippen molar-refractivity contribution in [1.29, 1.82) is 0 Å². The zero-order valence-corrected chi connectivity index (χ0v) is 12.3. The predicted molar refractivity (Wildman–Crippen MR) is 82.8 cm³/mol. The number of aryl methyl sites for hydroxylation is 3. The molecule has 100 valence electrons. The second-order valence-corrected chi connectivity index (χ2v) is 6.57. The van der Waals surface area contributed by atoms with Crippen LogP contribution >= 0.6 is 11.3 Å². The van der Waals surface area contributed by atoms with Gasteiger partial charge in [0.2, 0.25) is 0 Å². The molecule has 2 heteroatoms. The standard InChI is InChI=1S/C17H21NS/c1-2-15-9-10-16(19-15)17(18)14-8-7-12-5-3-4-6-13(12)11-14/h7-11,17H,2-6,18H2,1H3. The quantitative estimate of drug-likeness (QED) is 0.888. The van der Waals surface area contributed by atoms with Crippen molar-refractivity contribution in [2.24, 2.45) is 5.73 Å². The van der Waals surface area contributed by atoms with Crippen molar-refractivity contribution < 1.29 is 0 Å². The molecule has 1 heterocycles. The van der Waals surface area contributed by atoms with Crippen LogP contribution < -0.4 is 5.73 Å². The van der Waals surface area contributed by atoms with Crippen LogP contribution in [0, 0.1) is 0 Å². The number of hydrogen-bond acceptors (Lipinski definition) is 2. The lowest BCUT2D eigenvalue weighted by atomic mass is 9.89. The van der Waals surface area contributed by atoms with E-state index >= 15 is 0 Å². The fourth-order valence-corrected chi connectivity index (χ4v) is 3.85. The van der Waals surface area contributed by atoms with Crippen LogP contribution in [0.1, 0.15) is 52.3 Å². The Balaban J connectivity index is 1.88. The summed E-state index contributed by atoms with van der Waals surface area (Å²) >= 11 is 1.85. The van der Waals surface area contributed by atoms with Gasteiger partial charge in [0.1, 0.15) is 0 Å². The molecule has 0 amide bonds. The normalized spacial score (nSPS) is 16.1. The first-order valence-electron chi connectivity index (χ1n) is 7.24. The van der Waals surface area contributed by atoms with E-state index in [0.29, 0.717) is 0 Å². The molecule has 0 radical (unpaired) electrons. The molecule has 0 saturated heterocycles. The van der Waals surface area contributed by atoms with Crippen molar-refractivity contribution in [3.05, 3.63) is 56.8 Å². The Morgan fingerprint density at radius 2 is 1.89 bits per heavy atom. The van der Waals surface area contributed by atoms with E-state index in [-0.39, 0.29) is 6.04 Å². The summed E-state index contributed by atoms with van der Waals surface area (Å²) in [7, 11) is 0. The van der Waals surface area contributed by atoms with Gasteiger partial charge in [0, 0.05) is 9.75 Å². The highest BCUT2D eigenvalue weighted by Crippen LogP contribution is 2.30. The van der Waals surface area contributed by atoms with Gasteiger partial charge in [0.15, 0.2) is 0 Å². The Kier molecular flexibility index (Phi) is 3.72. The Morgan fingerprint density at radius 3 is 2.63 bits per heavy atom. The molecule has 19 heavy (non-hydrogen) atoms. The molecule has 0 bridgehead atoms. The summed E-state index contributed by atoms with van der Waals surface area (Å²) in [5.41, 5.74) is 10.7. The Morgan fingerprint density at radius 1 is 1.11 bits per heavy atom. The van der Waals surface area contributed by atoms with Crippen LogP contribution in [0.25, 0.3) is 0 Å². The zero-order chi connectivity index (χ0) is 13.2. The molecule has 1 atom stereocenters. The molecule has 2 aromatic rings. The molecule has 0 saturated carbocycles. The first kappa shape index (κ1) is 12.9. The third kappa shape index (κ3) is 2.60. The van der Waals surface area contributed by atoms with Crippen molar-refractivity contribution >= 4 is 11.3 Å². The largest absolute Gasteiger partial charge is 0.320 e. The van der Waals surface area contributed by atoms with Crippen molar-refractivity contribution in [1.82, 2.24) is 0 Å². The molecule has 1 aromatic heterocycles. The highest BCUT2D eigenvalue weighted by molar-refractivity contribution is 7.12. The summed E-state index contributed by atoms with van der Waals surface area (Å²) in [6, 6.07) is 11.3. The maximum atomic E-state index is 6.43. The topological polar surface area (TPSA) is 26.0 Å². The summed E-state index contributed by atoms with van der Waals surface area (Å²) in [5.74, 6) is 0. The molecule has 0 spiro atoms. The molecule has 3 rings (SSSR count). The van der Waals surface area contributed by atoms with Gasteiger partial charge in [-0.3, -0.25) is 0 Å². The van der Waals surface area contributed by atoms with Gasteiger partial charge in [-0.1, -0.05) is 25.1 Å². The van der Waals surface area contributed by atoms with Crippen LogP contribution in [0.2, 0.25) is 0 Å². The van der Waals surface area contributed by atoms with Crippen molar-refractivity contribution in [3.63, 3.8) is 0 Å². The average Bonchev–Trinajstić information content (AvgIpc) is 2.95. The van der Waals surface area contributed by atoms with Gasteiger partial charge in [-0.2, -0.15) is 0 Å². The van der Waals surface area contributed by atoms with Gasteiger partial charge >= 0.3 is 0 Å². The first-order valence-corrected chi connectivity index (χ1v) is 8.05. The second kappa shape index (κ2) is 5.48. The molecular formula is C17H21NS. The van der Waals surface area contributed by atoms with Crippen LogP contribution in [0.15, 0.2) is 30.3 Å². The Labute approximate surface area is 119 Å². The number of thiophene rings is 1. The van der Waals surface area contributed by atoms with Crippen molar-refractivity contribution in [2.45, 2.75) is 45.1 Å². The van der Waals surface area contributed by atoms with E-state index in [2.05, 4.69) is 37.3 Å². The van der Waals surface area contributed by atoms with E-state index in [1.807, 2.05) is 11.3 Å². The average molecular weight is 271 g/mol. The summed E-state index contributed by atoms with van der Waals surface area (Å²) in [6.07, 6.45) is 6.22. The Hall–Kier alpha value is -1.12. The number of benzene rings is 1. The minimum Gasteiger partial charge on any atom is -0.320 e. The molecular weight excluding hydrogens is 250 g/mol. The van der Waals surface area contributed by atoms with Gasteiger partial charge in [0.05, 0.1) is 6.04 Å². The zero-order valence-electron chi connectivity index (χ0n) is 11.5. The predicted octanol–water partition coefficient (Wildman–Crippen LogP) is 4.24. The third-order valence-electron chi connectivity index (χ3n) is 4.07. The van der Waals surface area contributed by atoms with Crippen LogP contribution in [0.5, 0.6) is 0 Å². The highest BCUT2D eigenvalue weighted by Gasteiger charge is 2.15. The summed E-state index contributed by atoms with van der Waals surface area (Å²) in [4.78, 5) is 2.70. The monoisotopic (exact) mass is 271 g/mol. The summed E-state index contributed by atoms with van der Waals surface area (Å²) < 4.78 is 0. The van der Waals surface area contributed by atoms with E-state index in [1.165, 1.54) is 52.1 Å². The number of rotatable bonds is 3. The number of nitrogens with two attached hydrogens (primary N) is 1. The maximum Gasteiger partial charge on any atom is 0.0646 e. The minimum atomic E-state index is 0.0394. The molecule has 1 unspecified atom stereocenters. The molecule has 0 aliphatic heterocycles. The lowest BCUT2D eigenvalue weighted by Gasteiger charge is -2.18. The third-order valence-corrected chi connectivity index (χ3v) is 5.38. The number of hydrogen-bond donors (Lipinski definition) is 1. The molecule has 1 nitrogen and oxygen atoms in total. The van der Waals surface area contributed by atoms with E-state index < -0.39 is 0 Å². The SMILES string of the molecule is CCc1ccc(C(N)c2ccc3c(c2)CCCC3)s1. The van der Waals surface area contributed by atoms with E-state index in [4.69, 9.17) is 5.73 Å². The van der Waals surface area contributed by atoms with E-state index in [0.717, 1.165) is 6.42 Å². The lowest BCUT2D eigenvalue weighted by Crippen LogP contribution is -2.12. The fourth-order valence-electron chi connectivity index (χ4n) is 2.86. The summed E-state index contributed by atoms with van der Waals surface area (Å²) in [6.45, 7) is 2.19. The van der Waals surface area contributed by atoms with Gasteiger partial charge in [-0.15, -0.1) is 11.3 Å². The van der Waals surface area contributed by atoms with Gasteiger partial charge < -0.3 is 5.73 Å². The van der Waals surface area contributed by atoms with Gasteiger partial charge in [-0.25, -0.2) is 0 Å². The van der Waals surface area contributed by atoms with Gasteiger partial charge in [-0.05, 0) is 60.9 Å². The summed E-state index contributed by atoms with van der Waals surface area (Å²) in [5, 5.41) is 0. The first-order chi connectivity index (χ1) is 9.28. The molecule has 0 fully saturated rings. The minimum absolute atomic E-state index is 0.0394. The second-order valence-electron chi connectivity index (χ2n) is 5.37. The van der Waals surface area contributed by atoms with E-state index in [1.54, 1.807) is 0 Å². The highest BCUT2D eigenvalue weighted by atomic mass is 32.1. The van der Waals surface area contributed by atoms with Gasteiger partial charge in [0.25, 0.3) is 0 Å². The fraction of sp³-hybridized carbons (Fsp3) is 0.412. The Bertz CT molecular complexity index is 570. The van der Waals surface area contributed by atoms with Crippen LogP contribution in [-0.4, -0.2) is 0 Å². The smallest absolute Gasteiger partial charge is 0.0646 e. The molecule has 2 N–H and O–H groups in total. The van der Waals surface area contributed by atoms with Crippen LogP contribution in [0.4, 0.5) is 0 Å². The molecule has 1 aromatic carbocycles. The van der Waals surface area contributed by atoms with Crippen molar-refractivity contribution in [3.8, 4) is 0 Å². The van der Waals surface area contributed by atoms with Crippen LogP contribution in [-0.2, 0) is 19.3 Å². The number of fused-ring (bicyclic) bond motifs is 1. The van der Waals surface area contributed by atoms with E-state index in [9.17, 15) is 0 Å². The van der Waals surface area contributed by atoms with Crippen molar-refractivity contribution in [2.75, 3.05) is 0 Å². The van der Waals surface area contributed by atoms with Crippen LogP contribution in [0.3, 0.4) is 0 Å². The molecule has 1 aliphatic rings. The molecule has 1 aliphatic carbocycles. The maximum absolute atomic E-state index is 6.43.